The summed E-state index contributed by atoms with van der Waals surface area (Å²) in [4.78, 5) is 14.1. The maximum Gasteiger partial charge on any atom is 0.223 e. The van der Waals surface area contributed by atoms with E-state index in [-0.39, 0.29) is 5.41 Å². The molecule has 1 saturated carbocycles. The number of carbonyl (C=O) groups excluding carboxylic acids is 1. The summed E-state index contributed by atoms with van der Waals surface area (Å²) in [5.41, 5.74) is 5.95. The molecule has 1 heterocycles. The highest BCUT2D eigenvalue weighted by atomic mass is 16.2. The lowest BCUT2D eigenvalue weighted by Gasteiger charge is -2.41. The van der Waals surface area contributed by atoms with E-state index >= 15 is 0 Å². The van der Waals surface area contributed by atoms with E-state index in [0.29, 0.717) is 24.9 Å². The predicted molar refractivity (Wildman–Crippen MR) is 60.4 cm³/mol. The van der Waals surface area contributed by atoms with Gasteiger partial charge < -0.3 is 10.6 Å². The molecule has 1 aliphatic carbocycles. The van der Waals surface area contributed by atoms with Crippen LogP contribution in [0.4, 0.5) is 0 Å². The summed E-state index contributed by atoms with van der Waals surface area (Å²) < 4.78 is 0. The highest BCUT2D eigenvalue weighted by molar-refractivity contribution is 5.77. The molecule has 1 saturated heterocycles. The van der Waals surface area contributed by atoms with Gasteiger partial charge in [0.15, 0.2) is 0 Å². The van der Waals surface area contributed by atoms with Crippen molar-refractivity contribution in [1.29, 1.82) is 0 Å². The van der Waals surface area contributed by atoms with Gasteiger partial charge in [-0.05, 0) is 44.6 Å². The van der Waals surface area contributed by atoms with E-state index in [0.717, 1.165) is 19.4 Å². The Labute approximate surface area is 92.0 Å². The summed E-state index contributed by atoms with van der Waals surface area (Å²) in [6.45, 7) is 3.79. The first-order valence-electron chi connectivity index (χ1n) is 6.16. The Balaban J connectivity index is 1.91. The van der Waals surface area contributed by atoms with Crippen LogP contribution in [0.15, 0.2) is 0 Å². The molecule has 3 nitrogen and oxygen atoms in total. The van der Waals surface area contributed by atoms with Crippen LogP contribution in [0.2, 0.25) is 0 Å². The minimum Gasteiger partial charge on any atom is -0.340 e. The van der Waals surface area contributed by atoms with Crippen LogP contribution in [0.25, 0.3) is 0 Å². The summed E-state index contributed by atoms with van der Waals surface area (Å²) >= 11 is 0. The normalized spacial score (nSPS) is 28.9. The Bertz CT molecular complexity index is 242. The van der Waals surface area contributed by atoms with Crippen molar-refractivity contribution in [3.05, 3.63) is 0 Å². The third kappa shape index (κ3) is 2.03. The Morgan fingerprint density at radius 1 is 1.47 bits per heavy atom. The van der Waals surface area contributed by atoms with Crippen LogP contribution < -0.4 is 5.73 Å². The molecular formula is C12H22N2O. The Kier molecular flexibility index (Phi) is 3.01. The van der Waals surface area contributed by atoms with E-state index in [1.54, 1.807) is 0 Å². The first-order valence-corrected chi connectivity index (χ1v) is 6.16. The fourth-order valence-corrected chi connectivity index (χ4v) is 2.86. The number of hydrogen-bond acceptors (Lipinski definition) is 2. The second-order valence-corrected chi connectivity index (χ2v) is 5.31. The first-order chi connectivity index (χ1) is 7.17. The third-order valence-electron chi connectivity index (χ3n) is 4.25. The number of rotatable bonds is 3. The monoisotopic (exact) mass is 210 g/mol. The summed E-state index contributed by atoms with van der Waals surface area (Å²) in [5.74, 6) is 0.338. The van der Waals surface area contributed by atoms with Crippen molar-refractivity contribution in [2.45, 2.75) is 51.5 Å². The van der Waals surface area contributed by atoms with Crippen LogP contribution >= 0.6 is 0 Å². The molecule has 1 unspecified atom stereocenters. The van der Waals surface area contributed by atoms with Crippen molar-refractivity contribution < 1.29 is 4.79 Å². The topological polar surface area (TPSA) is 46.3 Å². The van der Waals surface area contributed by atoms with E-state index < -0.39 is 0 Å². The lowest BCUT2D eigenvalue weighted by molar-refractivity contribution is -0.135. The minimum atomic E-state index is 0.166. The van der Waals surface area contributed by atoms with Crippen molar-refractivity contribution in [1.82, 2.24) is 4.90 Å². The number of carbonyl (C=O) groups is 1. The number of hydrogen-bond donors (Lipinski definition) is 1. The molecule has 1 amide bonds. The number of likely N-dealkylation sites (tertiary alicyclic amines) is 1. The minimum absolute atomic E-state index is 0.166. The van der Waals surface area contributed by atoms with Crippen LogP contribution in [0.5, 0.6) is 0 Å². The molecule has 0 aromatic heterocycles. The van der Waals surface area contributed by atoms with Crippen LogP contribution in [-0.2, 0) is 4.79 Å². The van der Waals surface area contributed by atoms with E-state index in [9.17, 15) is 4.79 Å². The van der Waals surface area contributed by atoms with E-state index in [1.165, 1.54) is 19.3 Å². The third-order valence-corrected chi connectivity index (χ3v) is 4.25. The molecule has 86 valence electrons. The quantitative estimate of drug-likeness (QED) is 0.767. The summed E-state index contributed by atoms with van der Waals surface area (Å²) in [7, 11) is 0. The molecule has 0 radical (unpaired) electrons. The second-order valence-electron chi connectivity index (χ2n) is 5.31. The number of amides is 1. The molecule has 2 fully saturated rings. The lowest BCUT2D eigenvalue weighted by atomic mass is 9.66. The van der Waals surface area contributed by atoms with Crippen molar-refractivity contribution in [2.24, 2.45) is 11.1 Å². The van der Waals surface area contributed by atoms with Gasteiger partial charge in [0.2, 0.25) is 5.91 Å². The van der Waals surface area contributed by atoms with Crippen LogP contribution in [0, 0.1) is 5.41 Å². The van der Waals surface area contributed by atoms with Gasteiger partial charge in [0, 0.05) is 19.0 Å². The van der Waals surface area contributed by atoms with Gasteiger partial charge in [0.1, 0.15) is 0 Å². The average Bonchev–Trinajstić information content (AvgIpc) is 2.58. The molecule has 2 rings (SSSR count). The number of nitrogens with two attached hydrogens (primary N) is 1. The maximum absolute atomic E-state index is 12.1. The van der Waals surface area contributed by atoms with Gasteiger partial charge in [-0.1, -0.05) is 6.42 Å². The molecule has 0 bridgehead atoms. The molecule has 3 heteroatoms. The predicted octanol–water partition coefficient (Wildman–Crippen LogP) is 1.52. The van der Waals surface area contributed by atoms with Crippen molar-refractivity contribution in [2.75, 3.05) is 13.1 Å². The molecule has 2 N–H and O–H groups in total. The zero-order chi connectivity index (χ0) is 10.9. The van der Waals surface area contributed by atoms with Gasteiger partial charge in [-0.25, -0.2) is 0 Å². The molecule has 1 atom stereocenters. The van der Waals surface area contributed by atoms with Gasteiger partial charge >= 0.3 is 0 Å². The Morgan fingerprint density at radius 3 is 2.60 bits per heavy atom. The molecule has 2 aliphatic rings. The van der Waals surface area contributed by atoms with E-state index in [4.69, 9.17) is 5.73 Å². The number of nitrogens with zero attached hydrogens (tertiary/aromatic N) is 1. The highest BCUT2D eigenvalue weighted by Gasteiger charge is 2.39. The largest absolute Gasteiger partial charge is 0.340 e. The Morgan fingerprint density at radius 2 is 2.20 bits per heavy atom. The summed E-state index contributed by atoms with van der Waals surface area (Å²) in [6.07, 6.45) is 6.58. The second kappa shape index (κ2) is 4.12. The fraction of sp³-hybridized carbons (Fsp3) is 0.917. The highest BCUT2D eigenvalue weighted by Crippen LogP contribution is 2.43. The van der Waals surface area contributed by atoms with Crippen LogP contribution in [-0.4, -0.2) is 29.9 Å². The van der Waals surface area contributed by atoms with Gasteiger partial charge in [-0.2, -0.15) is 0 Å². The first kappa shape index (κ1) is 10.9. The molecule has 1 aliphatic heterocycles. The molecule has 0 aromatic rings. The average molecular weight is 210 g/mol. The van der Waals surface area contributed by atoms with Crippen LogP contribution in [0.1, 0.15) is 45.4 Å². The van der Waals surface area contributed by atoms with Gasteiger partial charge in [0.25, 0.3) is 0 Å². The Hall–Kier alpha value is -0.570. The maximum atomic E-state index is 12.1. The lowest BCUT2D eigenvalue weighted by Crippen LogP contribution is -2.44. The molecule has 0 spiro atoms. The molecular weight excluding hydrogens is 188 g/mol. The summed E-state index contributed by atoms with van der Waals surface area (Å²) in [5, 5.41) is 0. The summed E-state index contributed by atoms with van der Waals surface area (Å²) in [6, 6.07) is 0.451. The van der Waals surface area contributed by atoms with Gasteiger partial charge in [0.05, 0.1) is 0 Å². The van der Waals surface area contributed by atoms with Gasteiger partial charge in [-0.15, -0.1) is 0 Å². The van der Waals surface area contributed by atoms with E-state index in [1.807, 2.05) is 0 Å². The smallest absolute Gasteiger partial charge is 0.223 e. The van der Waals surface area contributed by atoms with Crippen molar-refractivity contribution >= 4 is 5.91 Å². The van der Waals surface area contributed by atoms with E-state index in [2.05, 4.69) is 11.8 Å². The fourth-order valence-electron chi connectivity index (χ4n) is 2.86. The zero-order valence-electron chi connectivity index (χ0n) is 9.67. The molecule has 0 aromatic carbocycles. The van der Waals surface area contributed by atoms with Crippen molar-refractivity contribution in [3.8, 4) is 0 Å². The van der Waals surface area contributed by atoms with Gasteiger partial charge in [-0.3, -0.25) is 4.79 Å². The zero-order valence-corrected chi connectivity index (χ0v) is 9.67. The van der Waals surface area contributed by atoms with Crippen LogP contribution in [0.3, 0.4) is 0 Å². The molecule has 15 heavy (non-hydrogen) atoms. The standard InChI is InChI=1S/C12H22N2O/c1-10-4-2-7-14(10)11(15)8-12(9-13)5-3-6-12/h10H,2-9,13H2,1H3. The SMILES string of the molecule is CC1CCCN1C(=O)CC1(CN)CCC1. The van der Waals surface area contributed by atoms with Crippen molar-refractivity contribution in [3.63, 3.8) is 0 Å².